The summed E-state index contributed by atoms with van der Waals surface area (Å²) in [6, 6.07) is -0.305. The molecule has 0 saturated carbocycles. The first-order valence-corrected chi connectivity index (χ1v) is 6.61. The van der Waals surface area contributed by atoms with Crippen molar-refractivity contribution in [2.75, 3.05) is 0 Å². The number of aromatic nitrogens is 3. The first kappa shape index (κ1) is 12.0. The standard InChI is InChI=1S/C9H10BrClN4S/c1-4-3-16-8(5(4)11)6(12)7-9(10)13-14-15(7)2/h3,6H,12H2,1-2H3. The normalized spacial score (nSPS) is 13.1. The molecule has 0 bridgehead atoms. The summed E-state index contributed by atoms with van der Waals surface area (Å²) < 4.78 is 2.31. The molecule has 2 aromatic heterocycles. The fraction of sp³-hybridized carbons (Fsp3) is 0.333. The molecule has 4 nitrogen and oxygen atoms in total. The molecule has 7 heteroatoms. The van der Waals surface area contributed by atoms with Crippen LogP contribution in [0.25, 0.3) is 0 Å². The highest BCUT2D eigenvalue weighted by Gasteiger charge is 2.22. The Morgan fingerprint density at radius 2 is 2.31 bits per heavy atom. The lowest BCUT2D eigenvalue weighted by Gasteiger charge is -2.10. The van der Waals surface area contributed by atoms with E-state index < -0.39 is 0 Å². The lowest BCUT2D eigenvalue weighted by molar-refractivity contribution is 0.654. The van der Waals surface area contributed by atoms with Crippen LogP contribution in [0.4, 0.5) is 0 Å². The van der Waals surface area contributed by atoms with Crippen molar-refractivity contribution in [1.29, 1.82) is 0 Å². The first-order chi connectivity index (χ1) is 7.52. The minimum Gasteiger partial charge on any atom is -0.318 e. The van der Waals surface area contributed by atoms with E-state index in [9.17, 15) is 0 Å². The van der Waals surface area contributed by atoms with Gasteiger partial charge in [0.2, 0.25) is 0 Å². The van der Waals surface area contributed by atoms with Gasteiger partial charge >= 0.3 is 0 Å². The highest BCUT2D eigenvalue weighted by atomic mass is 79.9. The summed E-state index contributed by atoms with van der Waals surface area (Å²) in [4.78, 5) is 0.935. The van der Waals surface area contributed by atoms with E-state index in [2.05, 4.69) is 26.2 Å². The molecule has 0 aliphatic heterocycles. The van der Waals surface area contributed by atoms with E-state index in [1.54, 1.807) is 23.1 Å². The van der Waals surface area contributed by atoms with Crippen LogP contribution >= 0.6 is 38.9 Å². The monoisotopic (exact) mass is 320 g/mol. The third kappa shape index (κ3) is 1.90. The van der Waals surface area contributed by atoms with Crippen LogP contribution in [0.3, 0.4) is 0 Å². The van der Waals surface area contributed by atoms with Crippen molar-refractivity contribution in [3.8, 4) is 0 Å². The van der Waals surface area contributed by atoms with Crippen molar-refractivity contribution in [1.82, 2.24) is 15.0 Å². The van der Waals surface area contributed by atoms with Gasteiger partial charge in [0.05, 0.1) is 16.8 Å². The lowest BCUT2D eigenvalue weighted by Crippen LogP contribution is -2.15. The summed E-state index contributed by atoms with van der Waals surface area (Å²) in [6.07, 6.45) is 0. The molecule has 2 rings (SSSR count). The maximum absolute atomic E-state index is 6.19. The third-order valence-corrected chi connectivity index (χ3v) is 4.69. The zero-order chi connectivity index (χ0) is 11.9. The van der Waals surface area contributed by atoms with Gasteiger partial charge in [0.1, 0.15) is 0 Å². The van der Waals surface area contributed by atoms with E-state index in [0.29, 0.717) is 4.60 Å². The highest BCUT2D eigenvalue weighted by Crippen LogP contribution is 2.35. The Balaban J connectivity index is 2.47. The summed E-state index contributed by atoms with van der Waals surface area (Å²) >= 11 is 11.1. The maximum atomic E-state index is 6.19. The minimum absolute atomic E-state index is 0.305. The van der Waals surface area contributed by atoms with Crippen LogP contribution in [0.1, 0.15) is 22.2 Å². The van der Waals surface area contributed by atoms with Crippen molar-refractivity contribution >= 4 is 38.9 Å². The molecule has 86 valence electrons. The van der Waals surface area contributed by atoms with Gasteiger partial charge in [-0.05, 0) is 33.8 Å². The molecule has 0 radical (unpaired) electrons. The van der Waals surface area contributed by atoms with Gasteiger partial charge in [-0.25, -0.2) is 4.68 Å². The molecule has 0 fully saturated rings. The smallest absolute Gasteiger partial charge is 0.153 e. The number of hydrogen-bond acceptors (Lipinski definition) is 4. The van der Waals surface area contributed by atoms with Gasteiger partial charge in [-0.15, -0.1) is 16.4 Å². The van der Waals surface area contributed by atoms with Crippen molar-refractivity contribution in [2.45, 2.75) is 13.0 Å². The summed E-state index contributed by atoms with van der Waals surface area (Å²) in [7, 11) is 1.81. The molecule has 0 aliphatic rings. The molecule has 2 heterocycles. The van der Waals surface area contributed by atoms with E-state index in [1.807, 2.05) is 12.3 Å². The molecule has 1 unspecified atom stereocenters. The summed E-state index contributed by atoms with van der Waals surface area (Å²) in [5.41, 5.74) is 8.04. The zero-order valence-electron chi connectivity index (χ0n) is 8.74. The molecule has 0 saturated heterocycles. The molecule has 1 atom stereocenters. The van der Waals surface area contributed by atoms with Crippen molar-refractivity contribution in [3.63, 3.8) is 0 Å². The topological polar surface area (TPSA) is 56.7 Å². The van der Waals surface area contributed by atoms with Crippen LogP contribution < -0.4 is 5.73 Å². The van der Waals surface area contributed by atoms with Crippen LogP contribution in [0.5, 0.6) is 0 Å². The largest absolute Gasteiger partial charge is 0.318 e. The molecule has 0 amide bonds. The zero-order valence-corrected chi connectivity index (χ0v) is 11.9. The van der Waals surface area contributed by atoms with Gasteiger partial charge < -0.3 is 5.73 Å². The second kappa shape index (κ2) is 4.44. The molecule has 16 heavy (non-hydrogen) atoms. The summed E-state index contributed by atoms with van der Waals surface area (Å²) in [5.74, 6) is 0. The second-order valence-corrected chi connectivity index (χ2v) is 5.50. The molecular formula is C9H10BrClN4S. The average Bonchev–Trinajstić information content (AvgIpc) is 2.73. The van der Waals surface area contributed by atoms with Gasteiger partial charge in [0.15, 0.2) is 4.60 Å². The number of halogens is 2. The SMILES string of the molecule is Cc1csc(C(N)c2c(Br)nnn2C)c1Cl. The number of hydrogen-bond donors (Lipinski definition) is 1. The fourth-order valence-corrected chi connectivity index (χ4v) is 3.34. The van der Waals surface area contributed by atoms with E-state index in [1.165, 1.54) is 0 Å². The van der Waals surface area contributed by atoms with Gasteiger partial charge in [0, 0.05) is 11.9 Å². The fourth-order valence-electron chi connectivity index (χ4n) is 1.45. The van der Waals surface area contributed by atoms with Gasteiger partial charge in [-0.3, -0.25) is 0 Å². The average molecular weight is 322 g/mol. The Labute approximate surface area is 111 Å². The molecule has 0 spiro atoms. The van der Waals surface area contributed by atoms with Gasteiger partial charge in [-0.2, -0.15) is 0 Å². The number of nitrogens with two attached hydrogens (primary N) is 1. The predicted octanol–water partition coefficient (Wildman–Crippen LogP) is 2.65. The van der Waals surface area contributed by atoms with E-state index in [-0.39, 0.29) is 6.04 Å². The molecule has 2 aromatic rings. The lowest BCUT2D eigenvalue weighted by atomic mass is 10.2. The first-order valence-electron chi connectivity index (χ1n) is 4.56. The Kier molecular flexibility index (Phi) is 3.34. The quantitative estimate of drug-likeness (QED) is 0.925. The number of aryl methyl sites for hydroxylation is 2. The molecule has 0 aromatic carbocycles. The van der Waals surface area contributed by atoms with E-state index >= 15 is 0 Å². The Morgan fingerprint density at radius 1 is 1.62 bits per heavy atom. The van der Waals surface area contributed by atoms with Gasteiger partial charge in [-0.1, -0.05) is 16.8 Å². The van der Waals surface area contributed by atoms with Crippen LogP contribution in [-0.2, 0) is 7.05 Å². The third-order valence-electron chi connectivity index (χ3n) is 2.33. The minimum atomic E-state index is -0.305. The Bertz CT molecular complexity index is 502. The molecule has 0 aliphatic carbocycles. The van der Waals surface area contributed by atoms with E-state index in [4.69, 9.17) is 17.3 Å². The number of thiophene rings is 1. The van der Waals surface area contributed by atoms with Gasteiger partial charge in [0.25, 0.3) is 0 Å². The van der Waals surface area contributed by atoms with E-state index in [0.717, 1.165) is 21.2 Å². The van der Waals surface area contributed by atoms with Crippen LogP contribution in [-0.4, -0.2) is 15.0 Å². The maximum Gasteiger partial charge on any atom is 0.153 e. The van der Waals surface area contributed by atoms with Crippen LogP contribution in [0.15, 0.2) is 9.98 Å². The predicted molar refractivity (Wildman–Crippen MR) is 68.8 cm³/mol. The van der Waals surface area contributed by atoms with Crippen LogP contribution in [0.2, 0.25) is 5.02 Å². The molecular weight excluding hydrogens is 312 g/mol. The number of rotatable bonds is 2. The Morgan fingerprint density at radius 3 is 2.75 bits per heavy atom. The summed E-state index contributed by atoms with van der Waals surface area (Å²) in [6.45, 7) is 1.96. The van der Waals surface area contributed by atoms with Crippen LogP contribution in [0, 0.1) is 6.92 Å². The Hall–Kier alpha value is -0.430. The van der Waals surface area contributed by atoms with Crippen molar-refractivity contribution in [2.24, 2.45) is 12.8 Å². The second-order valence-electron chi connectivity index (χ2n) is 3.46. The highest BCUT2D eigenvalue weighted by molar-refractivity contribution is 9.10. The van der Waals surface area contributed by atoms with Crippen molar-refractivity contribution in [3.05, 3.63) is 31.1 Å². The molecule has 2 N–H and O–H groups in total. The van der Waals surface area contributed by atoms with Crippen molar-refractivity contribution < 1.29 is 0 Å². The summed E-state index contributed by atoms with van der Waals surface area (Å²) in [5, 5.41) is 10.5. The number of nitrogens with zero attached hydrogens (tertiary/aromatic N) is 3.